The van der Waals surface area contributed by atoms with Crippen molar-refractivity contribution in [3.05, 3.63) is 119 Å². The number of methoxy groups -OCH3 is 1. The van der Waals surface area contributed by atoms with Gasteiger partial charge in [0.1, 0.15) is 11.5 Å². The van der Waals surface area contributed by atoms with E-state index in [4.69, 9.17) is 4.74 Å². The van der Waals surface area contributed by atoms with E-state index in [-0.39, 0.29) is 11.8 Å². The molecule has 3 aromatic rings. The van der Waals surface area contributed by atoms with Crippen molar-refractivity contribution in [3.8, 4) is 5.75 Å². The van der Waals surface area contributed by atoms with Crippen molar-refractivity contribution in [2.24, 2.45) is 5.92 Å². The molecule has 0 saturated heterocycles. The van der Waals surface area contributed by atoms with Gasteiger partial charge in [0, 0.05) is 18.3 Å². The zero-order valence-electron chi connectivity index (χ0n) is 20.5. The Morgan fingerprint density at radius 1 is 0.771 bits per heavy atom. The minimum Gasteiger partial charge on any atom is -0.497 e. The Morgan fingerprint density at radius 3 is 2.09 bits per heavy atom. The second-order valence-electron chi connectivity index (χ2n) is 9.86. The lowest BCUT2D eigenvalue weighted by Crippen LogP contribution is -2.21. The van der Waals surface area contributed by atoms with E-state index in [1.165, 1.54) is 27.8 Å². The molecule has 0 aromatic heterocycles. The molecular weight excluding hydrogens is 428 g/mol. The molecule has 2 aliphatic rings. The molecule has 178 valence electrons. The molecule has 3 aromatic carbocycles. The quantitative estimate of drug-likeness (QED) is 0.338. The van der Waals surface area contributed by atoms with Crippen LogP contribution in [0.1, 0.15) is 67.1 Å². The van der Waals surface area contributed by atoms with E-state index in [1.54, 1.807) is 7.11 Å². The lowest BCUT2D eigenvalue weighted by molar-refractivity contribution is -0.123. The highest BCUT2D eigenvalue weighted by Crippen LogP contribution is 2.44. The zero-order chi connectivity index (χ0) is 24.0. The van der Waals surface area contributed by atoms with Crippen LogP contribution >= 0.6 is 0 Å². The molecule has 2 aliphatic carbocycles. The standard InChI is InChI=1S/C33H34O2/c1-35-30-20-16-25(17-21-30)24-12-14-27(15-13-24)32(34)23-19-29-18-22-31(26-8-4-2-5-9-26)33(29)28-10-6-3-7-11-28/h2-11,16-18,20-22,24,27,33H,12-15,19,23H2,1H3. The number of benzene rings is 3. The van der Waals surface area contributed by atoms with Gasteiger partial charge in [-0.05, 0) is 72.4 Å². The Balaban J connectivity index is 1.20. The first-order valence-electron chi connectivity index (χ1n) is 12.9. The molecule has 0 radical (unpaired) electrons. The lowest BCUT2D eigenvalue weighted by Gasteiger charge is -2.28. The number of carbonyl (C=O) groups excluding carboxylic acids is 1. The molecule has 35 heavy (non-hydrogen) atoms. The fourth-order valence-electron chi connectivity index (χ4n) is 5.85. The molecule has 0 bridgehead atoms. The largest absolute Gasteiger partial charge is 0.497 e. The van der Waals surface area contributed by atoms with Gasteiger partial charge in [-0.15, -0.1) is 0 Å². The third-order valence-electron chi connectivity index (χ3n) is 7.83. The highest BCUT2D eigenvalue weighted by atomic mass is 16.5. The van der Waals surface area contributed by atoms with E-state index >= 15 is 0 Å². The van der Waals surface area contributed by atoms with Crippen LogP contribution in [0.15, 0.2) is 103 Å². The van der Waals surface area contributed by atoms with Crippen molar-refractivity contribution in [2.75, 3.05) is 7.11 Å². The van der Waals surface area contributed by atoms with Crippen LogP contribution in [0.5, 0.6) is 5.75 Å². The van der Waals surface area contributed by atoms with Crippen LogP contribution in [-0.4, -0.2) is 12.9 Å². The van der Waals surface area contributed by atoms with Crippen LogP contribution < -0.4 is 4.74 Å². The van der Waals surface area contributed by atoms with Crippen LogP contribution in [0.2, 0.25) is 0 Å². The maximum atomic E-state index is 13.2. The molecule has 0 heterocycles. The van der Waals surface area contributed by atoms with Crippen molar-refractivity contribution in [1.82, 2.24) is 0 Å². The first kappa shape index (κ1) is 23.4. The van der Waals surface area contributed by atoms with Gasteiger partial charge in [0.2, 0.25) is 0 Å². The van der Waals surface area contributed by atoms with Crippen molar-refractivity contribution in [2.45, 2.75) is 50.4 Å². The molecule has 1 unspecified atom stereocenters. The number of ketones is 1. The molecule has 1 atom stereocenters. The first-order chi connectivity index (χ1) is 17.2. The predicted octanol–water partition coefficient (Wildman–Crippen LogP) is 8.13. The molecule has 1 fully saturated rings. The van der Waals surface area contributed by atoms with Crippen LogP contribution in [0.3, 0.4) is 0 Å². The smallest absolute Gasteiger partial charge is 0.136 e. The summed E-state index contributed by atoms with van der Waals surface area (Å²) >= 11 is 0. The van der Waals surface area contributed by atoms with Gasteiger partial charge >= 0.3 is 0 Å². The molecule has 0 N–H and O–H groups in total. The van der Waals surface area contributed by atoms with Crippen LogP contribution in [0, 0.1) is 5.92 Å². The minimum absolute atomic E-state index is 0.211. The molecule has 0 aliphatic heterocycles. The molecule has 2 heteroatoms. The topological polar surface area (TPSA) is 26.3 Å². The van der Waals surface area contributed by atoms with Crippen molar-refractivity contribution >= 4 is 11.4 Å². The SMILES string of the molecule is COc1ccc(C2CCC(C(=O)CCC3=CC=C(c4ccccc4)C3c3ccccc3)CC2)cc1. The van der Waals surface area contributed by atoms with Gasteiger partial charge in [0.15, 0.2) is 0 Å². The summed E-state index contributed by atoms with van der Waals surface area (Å²) < 4.78 is 5.29. The van der Waals surface area contributed by atoms with Gasteiger partial charge in [-0.2, -0.15) is 0 Å². The highest BCUT2D eigenvalue weighted by Gasteiger charge is 2.29. The van der Waals surface area contributed by atoms with Gasteiger partial charge in [-0.25, -0.2) is 0 Å². The molecule has 2 nitrogen and oxygen atoms in total. The summed E-state index contributed by atoms with van der Waals surface area (Å²) in [6.45, 7) is 0. The number of rotatable bonds is 8. The number of ether oxygens (including phenoxy) is 1. The maximum absolute atomic E-state index is 13.2. The van der Waals surface area contributed by atoms with Crippen molar-refractivity contribution < 1.29 is 9.53 Å². The normalized spacial score (nSPS) is 21.8. The summed E-state index contributed by atoms with van der Waals surface area (Å²) in [6, 6.07) is 29.8. The fraction of sp³-hybridized carbons (Fsp3) is 0.303. The summed E-state index contributed by atoms with van der Waals surface area (Å²) in [7, 11) is 1.70. The molecule has 0 spiro atoms. The summed E-state index contributed by atoms with van der Waals surface area (Å²) in [5.41, 5.74) is 6.63. The average molecular weight is 463 g/mol. The number of carbonyl (C=O) groups is 1. The Hall–Kier alpha value is -3.39. The Morgan fingerprint density at radius 2 is 1.43 bits per heavy atom. The summed E-state index contributed by atoms with van der Waals surface area (Å²) in [4.78, 5) is 13.2. The average Bonchev–Trinajstić information content (AvgIpc) is 3.37. The number of Topliss-reactive ketones (excluding diaryl/α,β-unsaturated/α-hetero) is 1. The van der Waals surface area contributed by atoms with Crippen LogP contribution in [0.25, 0.3) is 5.57 Å². The number of hydrogen-bond donors (Lipinski definition) is 0. The van der Waals surface area contributed by atoms with Gasteiger partial charge in [0.25, 0.3) is 0 Å². The summed E-state index contributed by atoms with van der Waals surface area (Å²) in [6.07, 6.45) is 10.2. The van der Waals surface area contributed by atoms with Crippen molar-refractivity contribution in [3.63, 3.8) is 0 Å². The number of hydrogen-bond acceptors (Lipinski definition) is 2. The molecular formula is C33H34O2. The molecule has 1 saturated carbocycles. The zero-order valence-corrected chi connectivity index (χ0v) is 20.5. The van der Waals surface area contributed by atoms with E-state index < -0.39 is 0 Å². The third-order valence-corrected chi connectivity index (χ3v) is 7.83. The fourth-order valence-corrected chi connectivity index (χ4v) is 5.85. The second-order valence-corrected chi connectivity index (χ2v) is 9.86. The Bertz CT molecular complexity index is 1180. The highest BCUT2D eigenvalue weighted by molar-refractivity contribution is 5.83. The number of allylic oxidation sites excluding steroid dienone is 4. The van der Waals surface area contributed by atoms with E-state index in [2.05, 4.69) is 84.9 Å². The maximum Gasteiger partial charge on any atom is 0.136 e. The van der Waals surface area contributed by atoms with E-state index in [0.29, 0.717) is 18.1 Å². The first-order valence-corrected chi connectivity index (χ1v) is 12.9. The van der Waals surface area contributed by atoms with Crippen LogP contribution in [0.4, 0.5) is 0 Å². The summed E-state index contributed by atoms with van der Waals surface area (Å²) in [5, 5.41) is 0. The van der Waals surface area contributed by atoms with E-state index in [9.17, 15) is 4.79 Å². The monoisotopic (exact) mass is 462 g/mol. The second kappa shape index (κ2) is 10.9. The minimum atomic E-state index is 0.211. The Kier molecular flexibility index (Phi) is 7.28. The Labute approximate surface area is 209 Å². The van der Waals surface area contributed by atoms with Gasteiger partial charge < -0.3 is 4.74 Å². The van der Waals surface area contributed by atoms with Gasteiger partial charge in [-0.1, -0.05) is 90.5 Å². The molecule has 0 amide bonds. The lowest BCUT2D eigenvalue weighted by atomic mass is 9.76. The predicted molar refractivity (Wildman–Crippen MR) is 144 cm³/mol. The molecule has 5 rings (SSSR count). The van der Waals surface area contributed by atoms with E-state index in [1.807, 2.05) is 12.1 Å². The summed E-state index contributed by atoms with van der Waals surface area (Å²) in [5.74, 6) is 2.35. The van der Waals surface area contributed by atoms with Gasteiger partial charge in [0.05, 0.1) is 7.11 Å². The third kappa shape index (κ3) is 5.32. The van der Waals surface area contributed by atoms with Gasteiger partial charge in [-0.3, -0.25) is 4.79 Å². The van der Waals surface area contributed by atoms with E-state index in [0.717, 1.165) is 37.9 Å². The van der Waals surface area contributed by atoms with Crippen molar-refractivity contribution in [1.29, 1.82) is 0 Å². The van der Waals surface area contributed by atoms with Crippen LogP contribution in [-0.2, 0) is 4.79 Å².